The molecule has 2 atom stereocenters. The summed E-state index contributed by atoms with van der Waals surface area (Å²) in [6, 6.07) is 6.22. The number of amides is 2. The molecular weight excluding hydrogens is 266 g/mol. The quantitative estimate of drug-likeness (QED) is 0.700. The van der Waals surface area contributed by atoms with Gasteiger partial charge in [-0.2, -0.15) is 0 Å². The van der Waals surface area contributed by atoms with Crippen LogP contribution in [0.1, 0.15) is 29.7 Å². The fraction of sp³-hybridized carbons (Fsp3) is 0.500. The summed E-state index contributed by atoms with van der Waals surface area (Å²) < 4.78 is 0. The fourth-order valence-electron chi connectivity index (χ4n) is 2.54. The van der Waals surface area contributed by atoms with Crippen LogP contribution in [0.4, 0.5) is 0 Å². The van der Waals surface area contributed by atoms with Crippen LogP contribution in [0.2, 0.25) is 0 Å². The molecule has 1 unspecified atom stereocenters. The number of nitrogens with one attached hydrogen (secondary N) is 3. The van der Waals surface area contributed by atoms with E-state index in [1.54, 1.807) is 0 Å². The Labute approximate surface area is 125 Å². The molecule has 2 amide bonds. The lowest BCUT2D eigenvalue weighted by atomic mass is 10.0. The van der Waals surface area contributed by atoms with Crippen molar-refractivity contribution < 1.29 is 14.5 Å². The first-order valence-electron chi connectivity index (χ1n) is 7.42. The lowest BCUT2D eigenvalue weighted by molar-refractivity contribution is -0.885. The maximum Gasteiger partial charge on any atom is 0.275 e. The standard InChI is InChI=1S/C16H23N3O2/c1-11-4-5-14(8-12(11)2)13(3)18-16(21)10-19-7-6-17-15(20)9-19/h4-5,8,13H,6-7,9-10H2,1-3H3,(H,17,20)(H,18,21)/p+1/t13-/m1/s1. The summed E-state index contributed by atoms with van der Waals surface area (Å²) in [7, 11) is 0. The summed E-state index contributed by atoms with van der Waals surface area (Å²) in [4.78, 5) is 24.4. The van der Waals surface area contributed by atoms with Gasteiger partial charge in [0.05, 0.1) is 19.1 Å². The molecule has 21 heavy (non-hydrogen) atoms. The molecule has 1 aliphatic heterocycles. The third kappa shape index (κ3) is 4.29. The monoisotopic (exact) mass is 290 g/mol. The molecule has 0 aromatic heterocycles. The minimum absolute atomic E-state index is 0.00886. The Hall–Kier alpha value is -1.88. The van der Waals surface area contributed by atoms with Gasteiger partial charge in [0.2, 0.25) is 0 Å². The van der Waals surface area contributed by atoms with Gasteiger partial charge in [-0.1, -0.05) is 18.2 Å². The molecule has 0 aliphatic carbocycles. The topological polar surface area (TPSA) is 62.6 Å². The average molecular weight is 290 g/mol. The smallest absolute Gasteiger partial charge is 0.275 e. The zero-order valence-electron chi connectivity index (χ0n) is 13.0. The SMILES string of the molecule is Cc1ccc([C@@H](C)NC(=O)C[NH+]2CCNC(=O)C2)cc1C. The molecule has 1 aromatic rings. The van der Waals surface area contributed by atoms with Gasteiger partial charge in [-0.15, -0.1) is 0 Å². The highest BCUT2D eigenvalue weighted by molar-refractivity contribution is 5.79. The lowest BCUT2D eigenvalue weighted by Gasteiger charge is -2.24. The number of carbonyl (C=O) groups is 2. The largest absolute Gasteiger partial charge is 0.346 e. The van der Waals surface area contributed by atoms with Gasteiger partial charge < -0.3 is 15.5 Å². The average Bonchev–Trinajstić information content (AvgIpc) is 2.41. The van der Waals surface area contributed by atoms with E-state index in [0.29, 0.717) is 19.6 Å². The first-order chi connectivity index (χ1) is 9.95. The first kappa shape index (κ1) is 15.5. The molecule has 2 rings (SSSR count). The molecule has 0 radical (unpaired) electrons. The van der Waals surface area contributed by atoms with Gasteiger partial charge in [-0.3, -0.25) is 9.59 Å². The number of carbonyl (C=O) groups excluding carboxylic acids is 2. The molecule has 3 N–H and O–H groups in total. The molecule has 5 heteroatoms. The van der Waals surface area contributed by atoms with Crippen LogP contribution in [0.3, 0.4) is 0 Å². The van der Waals surface area contributed by atoms with Crippen LogP contribution >= 0.6 is 0 Å². The zero-order valence-corrected chi connectivity index (χ0v) is 13.0. The minimum atomic E-state index is -0.0187. The summed E-state index contributed by atoms with van der Waals surface area (Å²) in [6.45, 7) is 8.32. The van der Waals surface area contributed by atoms with E-state index in [-0.39, 0.29) is 17.9 Å². The van der Waals surface area contributed by atoms with Gasteiger partial charge in [-0.05, 0) is 37.5 Å². The van der Waals surface area contributed by atoms with E-state index in [1.807, 2.05) is 6.92 Å². The highest BCUT2D eigenvalue weighted by Gasteiger charge is 2.22. The molecule has 1 saturated heterocycles. The van der Waals surface area contributed by atoms with Crippen LogP contribution in [0.5, 0.6) is 0 Å². The Morgan fingerprint density at radius 1 is 1.38 bits per heavy atom. The van der Waals surface area contributed by atoms with Crippen molar-refractivity contribution in [1.29, 1.82) is 0 Å². The number of aryl methyl sites for hydroxylation is 2. The van der Waals surface area contributed by atoms with E-state index in [1.165, 1.54) is 11.1 Å². The van der Waals surface area contributed by atoms with E-state index in [9.17, 15) is 9.59 Å². The number of hydrogen-bond acceptors (Lipinski definition) is 2. The second-order valence-corrected chi connectivity index (χ2v) is 5.84. The van der Waals surface area contributed by atoms with Crippen molar-refractivity contribution in [1.82, 2.24) is 10.6 Å². The molecule has 0 saturated carbocycles. The molecule has 114 valence electrons. The van der Waals surface area contributed by atoms with Gasteiger partial charge in [0.15, 0.2) is 13.1 Å². The van der Waals surface area contributed by atoms with Gasteiger partial charge in [0, 0.05) is 0 Å². The van der Waals surface area contributed by atoms with Gasteiger partial charge in [0.1, 0.15) is 0 Å². The number of benzene rings is 1. The highest BCUT2D eigenvalue weighted by Crippen LogP contribution is 2.16. The molecule has 1 aliphatic rings. The number of rotatable bonds is 4. The van der Waals surface area contributed by atoms with Gasteiger partial charge >= 0.3 is 0 Å². The molecular formula is C16H24N3O2+. The van der Waals surface area contributed by atoms with E-state index in [2.05, 4.69) is 42.7 Å². The van der Waals surface area contributed by atoms with Crippen LogP contribution in [0.15, 0.2) is 18.2 Å². The van der Waals surface area contributed by atoms with Crippen LogP contribution in [0.25, 0.3) is 0 Å². The van der Waals surface area contributed by atoms with Crippen molar-refractivity contribution in [3.05, 3.63) is 34.9 Å². The number of piperazine rings is 1. The summed E-state index contributed by atoms with van der Waals surface area (Å²) in [5.74, 6) is 0.0108. The second-order valence-electron chi connectivity index (χ2n) is 5.84. The van der Waals surface area contributed by atoms with E-state index in [4.69, 9.17) is 0 Å². The first-order valence-corrected chi connectivity index (χ1v) is 7.42. The molecule has 0 bridgehead atoms. The van der Waals surface area contributed by atoms with Crippen molar-refractivity contribution in [3.63, 3.8) is 0 Å². The summed E-state index contributed by atoms with van der Waals surface area (Å²) in [5, 5.41) is 5.79. The minimum Gasteiger partial charge on any atom is -0.346 e. The third-order valence-corrected chi connectivity index (χ3v) is 4.03. The van der Waals surface area contributed by atoms with Crippen molar-refractivity contribution in [2.75, 3.05) is 26.2 Å². The number of quaternary nitrogens is 1. The van der Waals surface area contributed by atoms with E-state index < -0.39 is 0 Å². The van der Waals surface area contributed by atoms with Gasteiger partial charge in [-0.25, -0.2) is 0 Å². The summed E-state index contributed by atoms with van der Waals surface area (Å²) >= 11 is 0. The maximum atomic E-state index is 12.1. The summed E-state index contributed by atoms with van der Waals surface area (Å²) in [5.41, 5.74) is 3.59. The lowest BCUT2D eigenvalue weighted by Crippen LogP contribution is -3.16. The van der Waals surface area contributed by atoms with Gasteiger partial charge in [0.25, 0.3) is 11.8 Å². The van der Waals surface area contributed by atoms with Crippen LogP contribution in [-0.2, 0) is 9.59 Å². The fourth-order valence-corrected chi connectivity index (χ4v) is 2.54. The van der Waals surface area contributed by atoms with Crippen molar-refractivity contribution in [2.24, 2.45) is 0 Å². The predicted octanol–water partition coefficient (Wildman–Crippen LogP) is -0.505. The Bertz CT molecular complexity index is 542. The molecule has 5 nitrogen and oxygen atoms in total. The maximum absolute atomic E-state index is 12.1. The number of hydrogen-bond donors (Lipinski definition) is 3. The Morgan fingerprint density at radius 2 is 2.14 bits per heavy atom. The molecule has 1 heterocycles. The van der Waals surface area contributed by atoms with E-state index >= 15 is 0 Å². The second kappa shape index (κ2) is 6.72. The third-order valence-electron chi connectivity index (χ3n) is 4.03. The van der Waals surface area contributed by atoms with E-state index in [0.717, 1.165) is 17.0 Å². The molecule has 1 aromatic carbocycles. The summed E-state index contributed by atoms with van der Waals surface area (Å²) in [6.07, 6.45) is 0. The van der Waals surface area contributed by atoms with Crippen LogP contribution in [0, 0.1) is 13.8 Å². The Balaban J connectivity index is 1.89. The molecule has 1 fully saturated rings. The highest BCUT2D eigenvalue weighted by atomic mass is 16.2. The van der Waals surface area contributed by atoms with Crippen LogP contribution < -0.4 is 15.5 Å². The van der Waals surface area contributed by atoms with Crippen molar-refractivity contribution in [2.45, 2.75) is 26.8 Å². The normalized spacial score (nSPS) is 19.8. The van der Waals surface area contributed by atoms with Crippen molar-refractivity contribution >= 4 is 11.8 Å². The Morgan fingerprint density at radius 3 is 2.81 bits per heavy atom. The van der Waals surface area contributed by atoms with Crippen molar-refractivity contribution in [3.8, 4) is 0 Å². The van der Waals surface area contributed by atoms with Crippen LogP contribution in [-0.4, -0.2) is 38.0 Å². The Kier molecular flexibility index (Phi) is 4.96. The predicted molar refractivity (Wildman–Crippen MR) is 81.0 cm³/mol. The zero-order chi connectivity index (χ0) is 15.4. The molecule has 0 spiro atoms.